The highest BCUT2D eigenvalue weighted by atomic mass is 16.3. The van der Waals surface area contributed by atoms with Gasteiger partial charge in [0.05, 0.1) is 5.56 Å². The van der Waals surface area contributed by atoms with Crippen LogP contribution in [-0.4, -0.2) is 41.6 Å². The van der Waals surface area contributed by atoms with E-state index in [2.05, 4.69) is 12.2 Å². The molecular weight excluding hydrogens is 228 g/mol. The monoisotopic (exact) mass is 248 g/mol. The Morgan fingerprint density at radius 1 is 1.33 bits per heavy atom. The molecule has 1 aromatic carbocycles. The molecule has 0 atom stereocenters. The van der Waals surface area contributed by atoms with E-state index in [0.717, 1.165) is 25.9 Å². The number of hydrogen-bond acceptors (Lipinski definition) is 3. The van der Waals surface area contributed by atoms with Crippen molar-refractivity contribution in [3.8, 4) is 5.75 Å². The van der Waals surface area contributed by atoms with Crippen LogP contribution >= 0.6 is 0 Å². The molecular formula is C14H20N2O2. The molecule has 1 aliphatic rings. The summed E-state index contributed by atoms with van der Waals surface area (Å²) < 4.78 is 0. The van der Waals surface area contributed by atoms with E-state index in [1.807, 2.05) is 11.9 Å². The van der Waals surface area contributed by atoms with E-state index in [1.165, 1.54) is 0 Å². The lowest BCUT2D eigenvalue weighted by Gasteiger charge is -2.39. The van der Waals surface area contributed by atoms with E-state index in [9.17, 15) is 9.90 Å². The second-order valence-electron chi connectivity index (χ2n) is 5.12. The Morgan fingerprint density at radius 3 is 2.50 bits per heavy atom. The zero-order valence-electron chi connectivity index (χ0n) is 10.9. The summed E-state index contributed by atoms with van der Waals surface area (Å²) in [5, 5.41) is 13.0. The minimum atomic E-state index is -0.0775. The van der Waals surface area contributed by atoms with E-state index < -0.39 is 0 Å². The van der Waals surface area contributed by atoms with Gasteiger partial charge in [0.2, 0.25) is 0 Å². The van der Waals surface area contributed by atoms with Crippen LogP contribution in [-0.2, 0) is 0 Å². The summed E-state index contributed by atoms with van der Waals surface area (Å²) in [6, 6.07) is 6.72. The highest BCUT2D eigenvalue weighted by Gasteiger charge is 2.31. The van der Waals surface area contributed by atoms with Crippen molar-refractivity contribution >= 4 is 5.91 Å². The molecule has 0 aromatic heterocycles. The van der Waals surface area contributed by atoms with Gasteiger partial charge in [0.25, 0.3) is 5.91 Å². The molecule has 0 bridgehead atoms. The molecule has 1 aliphatic heterocycles. The van der Waals surface area contributed by atoms with Gasteiger partial charge in [-0.2, -0.15) is 0 Å². The molecule has 2 N–H and O–H groups in total. The standard InChI is InChI=1S/C14H20N2O2/c1-14(15-2)7-9-16(10-8-14)13(18)11-5-3-4-6-12(11)17/h3-6,15,17H,7-10H2,1-2H3. The molecule has 1 saturated heterocycles. The lowest BCUT2D eigenvalue weighted by molar-refractivity contribution is 0.0659. The molecule has 0 unspecified atom stereocenters. The molecule has 0 saturated carbocycles. The number of rotatable bonds is 2. The van der Waals surface area contributed by atoms with Gasteiger partial charge in [0.15, 0.2) is 0 Å². The third-order valence-electron chi connectivity index (χ3n) is 3.89. The second-order valence-corrected chi connectivity index (χ2v) is 5.12. The maximum atomic E-state index is 12.3. The number of phenols is 1. The van der Waals surface area contributed by atoms with E-state index in [1.54, 1.807) is 24.3 Å². The predicted molar refractivity (Wildman–Crippen MR) is 70.7 cm³/mol. The van der Waals surface area contributed by atoms with Gasteiger partial charge in [-0.05, 0) is 38.9 Å². The molecule has 2 rings (SSSR count). The van der Waals surface area contributed by atoms with E-state index >= 15 is 0 Å². The van der Waals surface area contributed by atoms with Crippen molar-refractivity contribution in [2.45, 2.75) is 25.3 Å². The Morgan fingerprint density at radius 2 is 1.94 bits per heavy atom. The van der Waals surface area contributed by atoms with E-state index in [-0.39, 0.29) is 17.2 Å². The van der Waals surface area contributed by atoms with Crippen LogP contribution in [0.3, 0.4) is 0 Å². The number of nitrogens with one attached hydrogen (secondary N) is 1. The minimum absolute atomic E-state index is 0.0597. The molecule has 0 radical (unpaired) electrons. The first kappa shape index (κ1) is 12.9. The number of para-hydroxylation sites is 1. The number of nitrogens with zero attached hydrogens (tertiary/aromatic N) is 1. The first-order valence-electron chi connectivity index (χ1n) is 6.32. The van der Waals surface area contributed by atoms with Gasteiger partial charge in [0, 0.05) is 18.6 Å². The summed E-state index contributed by atoms with van der Waals surface area (Å²) in [7, 11) is 1.96. The van der Waals surface area contributed by atoms with Crippen molar-refractivity contribution in [1.82, 2.24) is 10.2 Å². The van der Waals surface area contributed by atoms with Crippen LogP contribution in [0.5, 0.6) is 5.75 Å². The average Bonchev–Trinajstić information content (AvgIpc) is 2.39. The van der Waals surface area contributed by atoms with Crippen LogP contribution in [0, 0.1) is 0 Å². The SMILES string of the molecule is CNC1(C)CCN(C(=O)c2ccccc2O)CC1. The minimum Gasteiger partial charge on any atom is -0.507 e. The number of piperidine rings is 1. The molecule has 1 amide bonds. The van der Waals surface area contributed by atoms with Gasteiger partial charge in [-0.15, -0.1) is 0 Å². The Balaban J connectivity index is 2.07. The van der Waals surface area contributed by atoms with Gasteiger partial charge >= 0.3 is 0 Å². The zero-order valence-corrected chi connectivity index (χ0v) is 10.9. The average molecular weight is 248 g/mol. The van der Waals surface area contributed by atoms with Crippen LogP contribution < -0.4 is 5.32 Å². The van der Waals surface area contributed by atoms with Gasteiger partial charge in [-0.1, -0.05) is 12.1 Å². The Bertz CT molecular complexity index is 437. The van der Waals surface area contributed by atoms with Crippen molar-refractivity contribution in [3.63, 3.8) is 0 Å². The van der Waals surface area contributed by atoms with Crippen molar-refractivity contribution < 1.29 is 9.90 Å². The zero-order chi connectivity index (χ0) is 13.2. The molecule has 1 fully saturated rings. The Labute approximate surface area is 108 Å². The number of amides is 1. The smallest absolute Gasteiger partial charge is 0.257 e. The Hall–Kier alpha value is -1.55. The maximum Gasteiger partial charge on any atom is 0.257 e. The normalized spacial score (nSPS) is 18.7. The number of carbonyl (C=O) groups is 1. The summed E-state index contributed by atoms with van der Waals surface area (Å²) in [5.74, 6) is -0.0179. The number of benzene rings is 1. The van der Waals surface area contributed by atoms with Crippen molar-refractivity contribution in [1.29, 1.82) is 0 Å². The fraction of sp³-hybridized carbons (Fsp3) is 0.500. The number of carbonyl (C=O) groups excluding carboxylic acids is 1. The molecule has 1 aromatic rings. The van der Waals surface area contributed by atoms with Gasteiger partial charge < -0.3 is 15.3 Å². The lowest BCUT2D eigenvalue weighted by atomic mass is 9.89. The van der Waals surface area contributed by atoms with Gasteiger partial charge in [0.1, 0.15) is 5.75 Å². The highest BCUT2D eigenvalue weighted by molar-refractivity contribution is 5.96. The van der Waals surface area contributed by atoms with Crippen molar-refractivity contribution in [2.24, 2.45) is 0 Å². The van der Waals surface area contributed by atoms with Crippen LogP contribution in [0.25, 0.3) is 0 Å². The Kier molecular flexibility index (Phi) is 3.57. The third-order valence-corrected chi connectivity index (χ3v) is 3.89. The number of phenolic OH excluding ortho intramolecular Hbond substituents is 1. The molecule has 18 heavy (non-hydrogen) atoms. The number of aromatic hydroxyl groups is 1. The molecule has 0 aliphatic carbocycles. The van der Waals surface area contributed by atoms with Gasteiger partial charge in [-0.25, -0.2) is 0 Å². The molecule has 4 heteroatoms. The van der Waals surface area contributed by atoms with Crippen LogP contribution in [0.15, 0.2) is 24.3 Å². The molecule has 1 heterocycles. The molecule has 0 spiro atoms. The van der Waals surface area contributed by atoms with Crippen molar-refractivity contribution in [3.05, 3.63) is 29.8 Å². The quantitative estimate of drug-likeness (QED) is 0.836. The fourth-order valence-electron chi connectivity index (χ4n) is 2.28. The first-order valence-corrected chi connectivity index (χ1v) is 6.32. The van der Waals surface area contributed by atoms with E-state index in [4.69, 9.17) is 0 Å². The largest absolute Gasteiger partial charge is 0.507 e. The summed E-state index contributed by atoms with van der Waals surface area (Å²) in [4.78, 5) is 14.1. The summed E-state index contributed by atoms with van der Waals surface area (Å²) in [6.07, 6.45) is 1.87. The van der Waals surface area contributed by atoms with E-state index in [0.29, 0.717) is 5.56 Å². The molecule has 4 nitrogen and oxygen atoms in total. The number of likely N-dealkylation sites (tertiary alicyclic amines) is 1. The maximum absolute atomic E-state index is 12.3. The predicted octanol–water partition coefficient (Wildman–Crippen LogP) is 1.61. The summed E-state index contributed by atoms with van der Waals surface area (Å²) in [5.41, 5.74) is 0.515. The third kappa shape index (κ3) is 2.48. The summed E-state index contributed by atoms with van der Waals surface area (Å²) in [6.45, 7) is 3.63. The highest BCUT2D eigenvalue weighted by Crippen LogP contribution is 2.24. The second kappa shape index (κ2) is 4.98. The summed E-state index contributed by atoms with van der Waals surface area (Å²) >= 11 is 0. The van der Waals surface area contributed by atoms with Crippen LogP contribution in [0.2, 0.25) is 0 Å². The van der Waals surface area contributed by atoms with Crippen LogP contribution in [0.1, 0.15) is 30.1 Å². The fourth-order valence-corrected chi connectivity index (χ4v) is 2.28. The van der Waals surface area contributed by atoms with Gasteiger partial charge in [-0.3, -0.25) is 4.79 Å². The van der Waals surface area contributed by atoms with Crippen LogP contribution in [0.4, 0.5) is 0 Å². The van der Waals surface area contributed by atoms with Crippen molar-refractivity contribution in [2.75, 3.05) is 20.1 Å². The topological polar surface area (TPSA) is 52.6 Å². The number of hydrogen-bond donors (Lipinski definition) is 2. The first-order chi connectivity index (χ1) is 8.56. The lowest BCUT2D eigenvalue weighted by Crippen LogP contribution is -2.51. The molecule has 98 valence electrons.